The van der Waals surface area contributed by atoms with Crippen molar-refractivity contribution in [3.63, 3.8) is 0 Å². The van der Waals surface area contributed by atoms with Crippen LogP contribution in [-0.4, -0.2) is 18.0 Å². The lowest BCUT2D eigenvalue weighted by Crippen LogP contribution is -2.40. The number of aromatic nitrogens is 1. The second kappa shape index (κ2) is 6.42. The molecule has 3 rings (SSSR count). The van der Waals surface area contributed by atoms with Crippen molar-refractivity contribution in [1.82, 2.24) is 4.57 Å². The van der Waals surface area contributed by atoms with Gasteiger partial charge in [0.15, 0.2) is 8.32 Å². The average molecular weight is 358 g/mol. The summed E-state index contributed by atoms with van der Waals surface area (Å²) >= 11 is 0. The van der Waals surface area contributed by atoms with Crippen LogP contribution in [0, 0.1) is 0 Å². The van der Waals surface area contributed by atoms with Crippen molar-refractivity contribution in [2.45, 2.75) is 64.5 Å². The van der Waals surface area contributed by atoms with E-state index in [0.717, 1.165) is 24.0 Å². The maximum atomic E-state index is 10.4. The highest BCUT2D eigenvalue weighted by Crippen LogP contribution is 2.38. The fraction of sp³-hybridized carbons (Fsp3) is 0.524. The molecule has 0 radical (unpaired) electrons. The SMILES string of the molecule is Cn1c(CO[Si](C)(C)C(C)(C)C)cc2c3c(ccc21)C(O)CCC=C3. The van der Waals surface area contributed by atoms with Crippen molar-refractivity contribution in [3.8, 4) is 0 Å². The van der Waals surface area contributed by atoms with E-state index in [1.807, 2.05) is 0 Å². The van der Waals surface area contributed by atoms with Crippen molar-refractivity contribution in [3.05, 3.63) is 41.1 Å². The molecule has 0 saturated carbocycles. The van der Waals surface area contributed by atoms with E-state index >= 15 is 0 Å². The predicted molar refractivity (Wildman–Crippen MR) is 108 cm³/mol. The average Bonchev–Trinajstić information content (AvgIpc) is 2.72. The largest absolute Gasteiger partial charge is 0.411 e. The molecule has 3 nitrogen and oxygen atoms in total. The number of benzene rings is 1. The molecule has 0 spiro atoms. The monoisotopic (exact) mass is 357 g/mol. The Morgan fingerprint density at radius 2 is 2.00 bits per heavy atom. The van der Waals surface area contributed by atoms with Gasteiger partial charge in [-0.1, -0.05) is 39.0 Å². The molecule has 1 N–H and O–H groups in total. The summed E-state index contributed by atoms with van der Waals surface area (Å²) in [4.78, 5) is 0. The third-order valence-corrected chi connectivity index (χ3v) is 10.5. The van der Waals surface area contributed by atoms with Gasteiger partial charge in [0.25, 0.3) is 0 Å². The van der Waals surface area contributed by atoms with Gasteiger partial charge in [0.1, 0.15) is 0 Å². The van der Waals surface area contributed by atoms with Crippen molar-refractivity contribution in [1.29, 1.82) is 0 Å². The van der Waals surface area contributed by atoms with Gasteiger partial charge < -0.3 is 14.1 Å². The molecule has 0 bridgehead atoms. The first-order valence-corrected chi connectivity index (χ1v) is 12.1. The molecule has 1 atom stereocenters. The molecule has 1 unspecified atom stereocenters. The van der Waals surface area contributed by atoms with Gasteiger partial charge in [-0.05, 0) is 54.2 Å². The summed E-state index contributed by atoms with van der Waals surface area (Å²) in [5.74, 6) is 0. The molecule has 4 heteroatoms. The van der Waals surface area contributed by atoms with Gasteiger partial charge in [-0.2, -0.15) is 0 Å². The van der Waals surface area contributed by atoms with Gasteiger partial charge in [-0.25, -0.2) is 0 Å². The van der Waals surface area contributed by atoms with Crippen LogP contribution in [0.25, 0.3) is 17.0 Å². The first-order chi connectivity index (χ1) is 11.6. The lowest BCUT2D eigenvalue weighted by Gasteiger charge is -2.36. The van der Waals surface area contributed by atoms with Gasteiger partial charge in [0.05, 0.1) is 12.7 Å². The maximum absolute atomic E-state index is 10.4. The van der Waals surface area contributed by atoms with Crippen molar-refractivity contribution in [2.24, 2.45) is 7.05 Å². The molecule has 0 aliphatic heterocycles. The summed E-state index contributed by atoms with van der Waals surface area (Å²) < 4.78 is 8.66. The van der Waals surface area contributed by atoms with Crippen LogP contribution in [0.5, 0.6) is 0 Å². The Hall–Kier alpha value is -1.36. The van der Waals surface area contributed by atoms with Crippen LogP contribution in [-0.2, 0) is 18.1 Å². The maximum Gasteiger partial charge on any atom is 0.192 e. The van der Waals surface area contributed by atoms with Crippen LogP contribution in [0.3, 0.4) is 0 Å². The summed E-state index contributed by atoms with van der Waals surface area (Å²) in [5.41, 5.74) is 4.60. The Morgan fingerprint density at radius 3 is 2.68 bits per heavy atom. The zero-order valence-electron chi connectivity index (χ0n) is 16.4. The molecule has 136 valence electrons. The highest BCUT2D eigenvalue weighted by molar-refractivity contribution is 6.74. The van der Waals surface area contributed by atoms with Gasteiger partial charge in [0, 0.05) is 23.6 Å². The van der Waals surface area contributed by atoms with E-state index in [4.69, 9.17) is 4.43 Å². The summed E-state index contributed by atoms with van der Waals surface area (Å²) in [5, 5.41) is 11.8. The number of aliphatic hydroxyl groups excluding tert-OH is 1. The predicted octanol–water partition coefficient (Wildman–Crippen LogP) is 5.54. The highest BCUT2D eigenvalue weighted by Gasteiger charge is 2.37. The first-order valence-electron chi connectivity index (χ1n) is 9.21. The Balaban J connectivity index is 1.99. The Labute approximate surface area is 152 Å². The van der Waals surface area contributed by atoms with Crippen molar-refractivity contribution < 1.29 is 9.53 Å². The highest BCUT2D eigenvalue weighted by atomic mass is 28.4. The molecule has 1 aliphatic carbocycles. The van der Waals surface area contributed by atoms with Gasteiger partial charge in [0.2, 0.25) is 0 Å². The number of nitrogens with zero attached hydrogens (tertiary/aromatic N) is 1. The minimum absolute atomic E-state index is 0.210. The van der Waals surface area contributed by atoms with E-state index in [1.54, 1.807) is 0 Å². The fourth-order valence-corrected chi connectivity index (χ4v) is 4.14. The zero-order chi connectivity index (χ0) is 18.4. The molecular weight excluding hydrogens is 326 g/mol. The topological polar surface area (TPSA) is 34.4 Å². The van der Waals surface area contributed by atoms with E-state index in [2.05, 4.69) is 75.8 Å². The van der Waals surface area contributed by atoms with Crippen LogP contribution in [0.15, 0.2) is 24.3 Å². The normalized spacial score (nSPS) is 18.4. The minimum Gasteiger partial charge on any atom is -0.411 e. The molecule has 0 fully saturated rings. The summed E-state index contributed by atoms with van der Waals surface area (Å²) in [6, 6.07) is 6.45. The molecule has 0 saturated heterocycles. The molecular formula is C21H31NO2Si. The molecule has 1 heterocycles. The van der Waals surface area contributed by atoms with Crippen LogP contribution < -0.4 is 0 Å². The lowest BCUT2D eigenvalue weighted by molar-refractivity contribution is 0.169. The standard InChI is InChI=1S/C21H31NO2Si/c1-21(2,3)25(5,6)24-14-15-13-18-16-9-7-8-10-20(23)17(16)11-12-19(18)22(15)4/h7,9,11-13,20,23H,8,10,14H2,1-6H3. The van der Waals surface area contributed by atoms with Gasteiger partial charge in [-0.3, -0.25) is 0 Å². The molecule has 2 aromatic rings. The van der Waals surface area contributed by atoms with Crippen molar-refractivity contribution >= 4 is 25.3 Å². The number of allylic oxidation sites excluding steroid dienone is 1. The quantitative estimate of drug-likeness (QED) is 0.732. The lowest BCUT2D eigenvalue weighted by atomic mass is 9.98. The summed E-state index contributed by atoms with van der Waals surface area (Å²) in [6.07, 6.45) is 5.69. The minimum atomic E-state index is -1.77. The molecule has 0 amide bonds. The van der Waals surface area contributed by atoms with E-state index in [9.17, 15) is 5.11 Å². The van der Waals surface area contributed by atoms with E-state index in [0.29, 0.717) is 6.61 Å². The van der Waals surface area contributed by atoms with Gasteiger partial charge >= 0.3 is 0 Å². The van der Waals surface area contributed by atoms with Crippen LogP contribution in [0.1, 0.15) is 56.5 Å². The number of aryl methyl sites for hydroxylation is 1. The number of rotatable bonds is 3. The molecule has 25 heavy (non-hydrogen) atoms. The second-order valence-electron chi connectivity index (χ2n) is 8.74. The molecule has 1 aromatic carbocycles. The van der Waals surface area contributed by atoms with Crippen LogP contribution in [0.2, 0.25) is 18.1 Å². The van der Waals surface area contributed by atoms with Gasteiger partial charge in [-0.15, -0.1) is 0 Å². The van der Waals surface area contributed by atoms with E-state index < -0.39 is 8.32 Å². The summed E-state index contributed by atoms with van der Waals surface area (Å²) in [7, 11) is 0.333. The molecule has 1 aromatic heterocycles. The number of fused-ring (bicyclic) bond motifs is 3. The van der Waals surface area contributed by atoms with Crippen molar-refractivity contribution in [2.75, 3.05) is 0 Å². The van der Waals surface area contributed by atoms with Crippen LogP contribution in [0.4, 0.5) is 0 Å². The number of hydrogen-bond acceptors (Lipinski definition) is 2. The number of aliphatic hydroxyl groups is 1. The van der Waals surface area contributed by atoms with Crippen LogP contribution >= 0.6 is 0 Å². The smallest absolute Gasteiger partial charge is 0.192 e. The third kappa shape index (κ3) is 3.35. The van der Waals surface area contributed by atoms with E-state index in [1.165, 1.54) is 16.6 Å². The Bertz CT molecular complexity index is 811. The Morgan fingerprint density at radius 1 is 1.28 bits per heavy atom. The second-order valence-corrected chi connectivity index (χ2v) is 13.5. The fourth-order valence-electron chi connectivity index (χ4n) is 3.20. The molecule has 1 aliphatic rings. The van der Waals surface area contributed by atoms with E-state index in [-0.39, 0.29) is 11.1 Å². The first kappa shape index (κ1) is 18.4. The summed E-state index contributed by atoms with van der Waals surface area (Å²) in [6.45, 7) is 12.0. The number of hydrogen-bond donors (Lipinski definition) is 1. The third-order valence-electron chi connectivity index (χ3n) is 6.04. The Kier molecular flexibility index (Phi) is 4.73. The zero-order valence-corrected chi connectivity index (χ0v) is 17.4.